The molecule has 0 radical (unpaired) electrons. The number of carbonyl (C=O) groups excluding carboxylic acids is 2. The zero-order valence-electron chi connectivity index (χ0n) is 12.6. The van der Waals surface area contributed by atoms with E-state index >= 15 is 0 Å². The van der Waals surface area contributed by atoms with Crippen LogP contribution in [0, 0.1) is 18.8 Å². The van der Waals surface area contributed by atoms with Gasteiger partial charge in [-0.05, 0) is 50.3 Å². The molecule has 0 saturated heterocycles. The lowest BCUT2D eigenvalue weighted by molar-refractivity contribution is -0.129. The fourth-order valence-corrected chi connectivity index (χ4v) is 2.56. The molecule has 104 valence electrons. The average molecular weight is 260 g/mol. The number of Topliss-reactive ketones (excluding diaryl/α,β-unsaturated/α-hetero) is 2. The molecule has 1 aromatic carbocycles. The van der Waals surface area contributed by atoms with Crippen LogP contribution in [0.15, 0.2) is 18.2 Å². The van der Waals surface area contributed by atoms with Crippen molar-refractivity contribution >= 4 is 11.6 Å². The summed E-state index contributed by atoms with van der Waals surface area (Å²) in [6.45, 7) is 9.21. The molecular weight excluding hydrogens is 236 g/mol. The number of hydrogen-bond donors (Lipinski definition) is 0. The lowest BCUT2D eigenvalue weighted by Crippen LogP contribution is -2.27. The zero-order chi connectivity index (χ0) is 14.6. The van der Waals surface area contributed by atoms with Crippen LogP contribution in [0.1, 0.15) is 44.4 Å². The van der Waals surface area contributed by atoms with Gasteiger partial charge in [0.1, 0.15) is 11.6 Å². The highest BCUT2D eigenvalue weighted by atomic mass is 16.1. The van der Waals surface area contributed by atoms with Crippen LogP contribution in [0.5, 0.6) is 0 Å². The van der Waals surface area contributed by atoms with Gasteiger partial charge >= 0.3 is 0 Å². The van der Waals surface area contributed by atoms with E-state index in [0.717, 1.165) is 6.42 Å². The Hall–Kier alpha value is -1.44. The van der Waals surface area contributed by atoms with Crippen molar-refractivity contribution in [3.05, 3.63) is 34.9 Å². The molecule has 0 amide bonds. The predicted octanol–water partition coefficient (Wildman–Crippen LogP) is 3.53. The molecule has 0 N–H and O–H groups in total. The Kier molecular flexibility index (Phi) is 5.46. The first-order valence-electron chi connectivity index (χ1n) is 6.96. The summed E-state index contributed by atoms with van der Waals surface area (Å²) < 4.78 is 0. The third kappa shape index (κ3) is 3.76. The summed E-state index contributed by atoms with van der Waals surface area (Å²) in [5.41, 5.74) is 3.72. The summed E-state index contributed by atoms with van der Waals surface area (Å²) in [6.07, 6.45) is 1.63. The first-order valence-corrected chi connectivity index (χ1v) is 6.96. The van der Waals surface area contributed by atoms with Gasteiger partial charge in [0.15, 0.2) is 0 Å². The molecule has 1 aromatic rings. The topological polar surface area (TPSA) is 34.1 Å². The van der Waals surface area contributed by atoms with Crippen molar-refractivity contribution in [2.24, 2.45) is 11.8 Å². The van der Waals surface area contributed by atoms with Crippen LogP contribution in [0.4, 0.5) is 0 Å². The van der Waals surface area contributed by atoms with E-state index in [1.54, 1.807) is 13.8 Å². The van der Waals surface area contributed by atoms with E-state index in [1.807, 2.05) is 6.92 Å². The second-order valence-corrected chi connectivity index (χ2v) is 5.39. The highest BCUT2D eigenvalue weighted by molar-refractivity contribution is 5.87. The third-order valence-corrected chi connectivity index (χ3v) is 4.08. The Labute approximate surface area is 116 Å². The van der Waals surface area contributed by atoms with E-state index < -0.39 is 0 Å². The summed E-state index contributed by atoms with van der Waals surface area (Å²) in [5.74, 6) is -0.217. The Morgan fingerprint density at radius 2 is 1.79 bits per heavy atom. The minimum atomic E-state index is -0.207. The van der Waals surface area contributed by atoms with Gasteiger partial charge < -0.3 is 0 Å². The fourth-order valence-electron chi connectivity index (χ4n) is 2.56. The minimum absolute atomic E-state index is 0.0897. The van der Waals surface area contributed by atoms with Crippen molar-refractivity contribution in [1.82, 2.24) is 0 Å². The van der Waals surface area contributed by atoms with Crippen LogP contribution in [0.3, 0.4) is 0 Å². The summed E-state index contributed by atoms with van der Waals surface area (Å²) in [4.78, 5) is 23.4. The van der Waals surface area contributed by atoms with Crippen molar-refractivity contribution in [3.8, 4) is 0 Å². The Morgan fingerprint density at radius 3 is 2.26 bits per heavy atom. The molecule has 0 aliphatic carbocycles. The predicted molar refractivity (Wildman–Crippen MR) is 78.3 cm³/mol. The standard InChI is InChI=1S/C17H24O2/c1-6-15-9-7-8-11(2)16(15)10-17(14(5)19)12(3)13(4)18/h7-9,12,17H,6,10H2,1-5H3. The van der Waals surface area contributed by atoms with Gasteiger partial charge in [-0.1, -0.05) is 32.0 Å². The van der Waals surface area contributed by atoms with E-state index in [-0.39, 0.29) is 23.4 Å². The quantitative estimate of drug-likeness (QED) is 0.784. The molecule has 2 atom stereocenters. The van der Waals surface area contributed by atoms with Crippen molar-refractivity contribution < 1.29 is 9.59 Å². The molecule has 2 unspecified atom stereocenters. The van der Waals surface area contributed by atoms with E-state index in [4.69, 9.17) is 0 Å². The van der Waals surface area contributed by atoms with Crippen molar-refractivity contribution in [2.75, 3.05) is 0 Å². The van der Waals surface area contributed by atoms with Gasteiger partial charge in [0.25, 0.3) is 0 Å². The maximum absolute atomic E-state index is 11.9. The van der Waals surface area contributed by atoms with E-state index in [9.17, 15) is 9.59 Å². The van der Waals surface area contributed by atoms with Gasteiger partial charge in [-0.25, -0.2) is 0 Å². The van der Waals surface area contributed by atoms with Gasteiger partial charge in [-0.3, -0.25) is 9.59 Å². The van der Waals surface area contributed by atoms with E-state index in [0.29, 0.717) is 6.42 Å². The Bertz CT molecular complexity index is 474. The van der Waals surface area contributed by atoms with Crippen LogP contribution in [0.2, 0.25) is 0 Å². The summed E-state index contributed by atoms with van der Waals surface area (Å²) in [5, 5.41) is 0. The van der Waals surface area contributed by atoms with Crippen LogP contribution >= 0.6 is 0 Å². The van der Waals surface area contributed by atoms with Gasteiger partial charge in [0.2, 0.25) is 0 Å². The molecule has 0 aliphatic heterocycles. The molecular formula is C17H24O2. The van der Waals surface area contributed by atoms with Gasteiger partial charge in [0.05, 0.1) is 0 Å². The van der Waals surface area contributed by atoms with Crippen LogP contribution in [-0.4, -0.2) is 11.6 Å². The highest BCUT2D eigenvalue weighted by Crippen LogP contribution is 2.24. The first-order chi connectivity index (χ1) is 8.88. The lowest BCUT2D eigenvalue weighted by atomic mass is 9.81. The van der Waals surface area contributed by atoms with Crippen molar-refractivity contribution in [1.29, 1.82) is 0 Å². The molecule has 0 aliphatic rings. The molecule has 0 bridgehead atoms. The molecule has 2 heteroatoms. The number of ketones is 2. The number of rotatable bonds is 6. The van der Waals surface area contributed by atoms with Gasteiger partial charge in [-0.15, -0.1) is 0 Å². The smallest absolute Gasteiger partial charge is 0.133 e. The largest absolute Gasteiger partial charge is 0.300 e. The lowest BCUT2D eigenvalue weighted by Gasteiger charge is -2.22. The Morgan fingerprint density at radius 1 is 1.16 bits per heavy atom. The van der Waals surface area contributed by atoms with E-state index in [2.05, 4.69) is 32.0 Å². The molecule has 0 spiro atoms. The number of hydrogen-bond acceptors (Lipinski definition) is 2. The SMILES string of the molecule is CCc1cccc(C)c1CC(C(C)=O)C(C)C(C)=O. The van der Waals surface area contributed by atoms with Crippen LogP contribution < -0.4 is 0 Å². The number of benzene rings is 1. The van der Waals surface area contributed by atoms with Crippen LogP contribution in [-0.2, 0) is 22.4 Å². The second-order valence-electron chi connectivity index (χ2n) is 5.39. The summed E-state index contributed by atoms with van der Waals surface area (Å²) in [7, 11) is 0. The highest BCUT2D eigenvalue weighted by Gasteiger charge is 2.26. The normalized spacial score (nSPS) is 13.9. The van der Waals surface area contributed by atoms with Crippen molar-refractivity contribution in [2.45, 2.75) is 47.5 Å². The third-order valence-electron chi connectivity index (χ3n) is 4.08. The zero-order valence-corrected chi connectivity index (χ0v) is 12.6. The first kappa shape index (κ1) is 15.6. The maximum atomic E-state index is 11.9. The van der Waals surface area contributed by atoms with Gasteiger partial charge in [0, 0.05) is 11.8 Å². The Balaban J connectivity index is 3.10. The number of carbonyl (C=O) groups is 2. The molecule has 1 rings (SSSR count). The average Bonchev–Trinajstić information content (AvgIpc) is 2.35. The second kappa shape index (κ2) is 6.65. The van der Waals surface area contributed by atoms with Gasteiger partial charge in [-0.2, -0.15) is 0 Å². The van der Waals surface area contributed by atoms with Crippen LogP contribution in [0.25, 0.3) is 0 Å². The minimum Gasteiger partial charge on any atom is -0.300 e. The summed E-state index contributed by atoms with van der Waals surface area (Å²) >= 11 is 0. The molecule has 2 nitrogen and oxygen atoms in total. The number of aryl methyl sites for hydroxylation is 2. The van der Waals surface area contributed by atoms with Crippen molar-refractivity contribution in [3.63, 3.8) is 0 Å². The fraction of sp³-hybridized carbons (Fsp3) is 0.529. The van der Waals surface area contributed by atoms with E-state index in [1.165, 1.54) is 16.7 Å². The monoisotopic (exact) mass is 260 g/mol. The molecule has 0 aromatic heterocycles. The molecule has 0 saturated carbocycles. The molecule has 19 heavy (non-hydrogen) atoms. The summed E-state index contributed by atoms with van der Waals surface area (Å²) in [6, 6.07) is 6.23. The maximum Gasteiger partial charge on any atom is 0.133 e. The molecule has 0 heterocycles. The molecule has 0 fully saturated rings.